The fraction of sp³-hybridized carbons (Fsp3) is 1.00. The van der Waals surface area contributed by atoms with Crippen molar-refractivity contribution < 1.29 is 19.9 Å². The van der Waals surface area contributed by atoms with E-state index in [1.807, 2.05) is 0 Å². The Bertz CT molecular complexity index is 772. The Balaban J connectivity index is 1.63. The van der Waals surface area contributed by atoms with Crippen molar-refractivity contribution in [1.82, 2.24) is 10.1 Å². The first-order valence-electron chi connectivity index (χ1n) is 19.6. The van der Waals surface area contributed by atoms with Crippen LogP contribution in [0.3, 0.4) is 0 Å². The maximum Gasteiger partial charge on any atom is 0.0793 e. The zero-order valence-electron chi connectivity index (χ0n) is 32.4. The fourth-order valence-electron chi connectivity index (χ4n) is 9.40. The van der Waals surface area contributed by atoms with Gasteiger partial charge in [0.25, 0.3) is 0 Å². The summed E-state index contributed by atoms with van der Waals surface area (Å²) in [5.41, 5.74) is -0.144. The molecule has 2 N–H and O–H groups in total. The minimum absolute atomic E-state index is 0.0721. The normalized spacial score (nSPS) is 31.4. The molecule has 0 aromatic heterocycles. The maximum atomic E-state index is 9.72. The van der Waals surface area contributed by atoms with E-state index in [1.54, 1.807) is 0 Å². The highest BCUT2D eigenvalue weighted by atomic mass is 16.7. The van der Waals surface area contributed by atoms with Gasteiger partial charge in [-0.15, -0.1) is 0 Å². The van der Waals surface area contributed by atoms with Crippen molar-refractivity contribution in [2.45, 2.75) is 196 Å². The summed E-state index contributed by atoms with van der Waals surface area (Å²) in [6, 6.07) is 0.783. The summed E-state index contributed by atoms with van der Waals surface area (Å²) in [4.78, 5) is 14.1. The second kappa shape index (κ2) is 17.6. The van der Waals surface area contributed by atoms with Crippen LogP contribution in [0.25, 0.3) is 0 Å². The van der Waals surface area contributed by atoms with Crippen LogP contribution in [0.2, 0.25) is 0 Å². The van der Waals surface area contributed by atoms with Crippen molar-refractivity contribution in [2.24, 2.45) is 47.3 Å². The molecule has 3 aliphatic rings. The van der Waals surface area contributed by atoms with Gasteiger partial charge in [0.15, 0.2) is 0 Å². The molecule has 0 heterocycles. The van der Waals surface area contributed by atoms with E-state index in [1.165, 1.54) is 51.4 Å². The number of hydroxylamine groups is 4. The molecule has 3 saturated carbocycles. The Morgan fingerprint density at radius 1 is 0.478 bits per heavy atom. The molecule has 0 aliphatic heterocycles. The summed E-state index contributed by atoms with van der Waals surface area (Å²) in [5.74, 6) is 4.35. The second-order valence-corrected chi connectivity index (χ2v) is 18.7. The summed E-state index contributed by atoms with van der Waals surface area (Å²) in [6.45, 7) is 28.7. The molecule has 0 aromatic carbocycles. The molecule has 4 unspecified atom stereocenters. The largest absolute Gasteiger partial charge is 0.396 e. The summed E-state index contributed by atoms with van der Waals surface area (Å²) in [6.07, 6.45) is 14.5. The van der Waals surface area contributed by atoms with E-state index in [4.69, 9.17) is 9.68 Å². The first-order valence-corrected chi connectivity index (χ1v) is 19.6. The van der Waals surface area contributed by atoms with Gasteiger partial charge in [0.1, 0.15) is 0 Å². The average Bonchev–Trinajstić information content (AvgIpc) is 2.99. The zero-order chi connectivity index (χ0) is 34.4. The highest BCUT2D eigenvalue weighted by molar-refractivity contribution is 4.91. The Morgan fingerprint density at radius 3 is 0.957 bits per heavy atom. The summed E-state index contributed by atoms with van der Waals surface area (Å²) < 4.78 is 0. The van der Waals surface area contributed by atoms with Gasteiger partial charge in [-0.05, 0) is 180 Å². The number of hydrogen-bond donors (Lipinski definition) is 2. The number of hydrogen-bond acceptors (Lipinski definition) is 6. The van der Waals surface area contributed by atoms with Gasteiger partial charge in [0, 0.05) is 36.4 Å². The highest BCUT2D eigenvalue weighted by Gasteiger charge is 2.43. The lowest BCUT2D eigenvalue weighted by atomic mass is 9.75. The molecule has 0 spiro atoms. The quantitative estimate of drug-likeness (QED) is 0.183. The number of aliphatic hydroxyl groups is 2. The molecule has 0 amide bonds. The summed E-state index contributed by atoms with van der Waals surface area (Å²) in [5, 5.41) is 24.3. The van der Waals surface area contributed by atoms with Crippen LogP contribution in [0.1, 0.15) is 160 Å². The Hall–Kier alpha value is -0.240. The third kappa shape index (κ3) is 10.9. The van der Waals surface area contributed by atoms with Gasteiger partial charge in [-0.3, -0.25) is 9.68 Å². The Morgan fingerprint density at radius 2 is 0.739 bits per heavy atom. The van der Waals surface area contributed by atoms with Crippen LogP contribution in [0, 0.1) is 47.3 Å². The SMILES string of the molecule is CC(C)C(C1CCC(CO)CC1)N(OC(C)C1CCC(C(C)ON(C(C(C)C)C2CCC(CO)CC2)C(C)(C)C)CC1)C(C)(C)C. The number of aliphatic hydroxyl groups excluding tert-OH is 2. The van der Waals surface area contributed by atoms with Crippen LogP contribution in [0.4, 0.5) is 0 Å². The van der Waals surface area contributed by atoms with Crippen LogP contribution in [-0.2, 0) is 9.68 Å². The lowest BCUT2D eigenvalue weighted by molar-refractivity contribution is -0.294. The van der Waals surface area contributed by atoms with E-state index in [2.05, 4.69) is 93.2 Å². The molecular formula is C40H78N2O4. The maximum absolute atomic E-state index is 9.72. The molecule has 46 heavy (non-hydrogen) atoms. The predicted molar refractivity (Wildman–Crippen MR) is 192 cm³/mol. The second-order valence-electron chi connectivity index (χ2n) is 18.7. The summed E-state index contributed by atoms with van der Waals surface area (Å²) >= 11 is 0. The van der Waals surface area contributed by atoms with Crippen molar-refractivity contribution in [1.29, 1.82) is 0 Å². The fourth-order valence-corrected chi connectivity index (χ4v) is 9.40. The topological polar surface area (TPSA) is 65.4 Å². The first kappa shape index (κ1) is 40.2. The molecule has 0 bridgehead atoms. The van der Waals surface area contributed by atoms with Gasteiger partial charge in [-0.25, -0.2) is 0 Å². The molecule has 272 valence electrons. The standard InChI is InChI=1S/C40H78N2O4/c1-27(2)37(35-17-13-31(25-43)14-18-35)41(39(7,8)9)45-29(5)33-21-23-34(24-22-33)30(6)46-42(40(10,11)12)38(28(3)4)36-19-15-32(26-44)16-20-36/h27-38,43-44H,13-26H2,1-12H3. The van der Waals surface area contributed by atoms with E-state index in [9.17, 15) is 10.2 Å². The predicted octanol–water partition coefficient (Wildman–Crippen LogP) is 9.28. The van der Waals surface area contributed by atoms with Crippen LogP contribution < -0.4 is 0 Å². The van der Waals surface area contributed by atoms with Gasteiger partial charge >= 0.3 is 0 Å². The van der Waals surface area contributed by atoms with E-state index in [0.717, 1.165) is 25.7 Å². The molecule has 0 radical (unpaired) electrons. The molecule has 3 rings (SSSR count). The molecule has 4 atom stereocenters. The van der Waals surface area contributed by atoms with Gasteiger partial charge in [-0.2, -0.15) is 10.1 Å². The monoisotopic (exact) mass is 651 g/mol. The molecule has 0 saturated heterocycles. The highest BCUT2D eigenvalue weighted by Crippen LogP contribution is 2.42. The van der Waals surface area contributed by atoms with Gasteiger partial charge < -0.3 is 10.2 Å². The van der Waals surface area contributed by atoms with E-state index in [-0.39, 0.29) is 23.3 Å². The minimum Gasteiger partial charge on any atom is -0.396 e. The number of rotatable bonds is 14. The summed E-state index contributed by atoms with van der Waals surface area (Å²) in [7, 11) is 0. The van der Waals surface area contributed by atoms with E-state index >= 15 is 0 Å². The smallest absolute Gasteiger partial charge is 0.0793 e. The van der Waals surface area contributed by atoms with Crippen molar-refractivity contribution in [3.63, 3.8) is 0 Å². The molecule has 3 aliphatic carbocycles. The van der Waals surface area contributed by atoms with Gasteiger partial charge in [-0.1, -0.05) is 27.7 Å². The van der Waals surface area contributed by atoms with Crippen molar-refractivity contribution in [3.05, 3.63) is 0 Å². The van der Waals surface area contributed by atoms with Crippen LogP contribution in [0.5, 0.6) is 0 Å². The van der Waals surface area contributed by atoms with Crippen LogP contribution in [-0.4, -0.2) is 68.9 Å². The van der Waals surface area contributed by atoms with Crippen molar-refractivity contribution >= 4 is 0 Å². The molecule has 6 nitrogen and oxygen atoms in total. The third-order valence-electron chi connectivity index (χ3n) is 12.2. The molecule has 6 heteroatoms. The third-order valence-corrected chi connectivity index (χ3v) is 12.2. The van der Waals surface area contributed by atoms with E-state index < -0.39 is 0 Å². The average molecular weight is 651 g/mol. The molecular weight excluding hydrogens is 572 g/mol. The van der Waals surface area contributed by atoms with Gasteiger partial charge in [0.05, 0.1) is 12.2 Å². The van der Waals surface area contributed by atoms with E-state index in [0.29, 0.717) is 72.6 Å². The minimum atomic E-state index is -0.0721. The lowest BCUT2D eigenvalue weighted by Crippen LogP contribution is -2.56. The van der Waals surface area contributed by atoms with Crippen LogP contribution >= 0.6 is 0 Å². The molecule has 3 fully saturated rings. The van der Waals surface area contributed by atoms with Crippen molar-refractivity contribution in [2.75, 3.05) is 13.2 Å². The Kier molecular flexibility index (Phi) is 15.4. The van der Waals surface area contributed by atoms with Crippen molar-refractivity contribution in [3.8, 4) is 0 Å². The molecule has 0 aromatic rings. The van der Waals surface area contributed by atoms with Gasteiger partial charge in [0.2, 0.25) is 0 Å². The zero-order valence-corrected chi connectivity index (χ0v) is 32.4. The first-order chi connectivity index (χ1) is 21.5. The Labute approximate surface area is 285 Å². The lowest BCUT2D eigenvalue weighted by Gasteiger charge is -2.50. The number of nitrogens with zero attached hydrogens (tertiary/aromatic N) is 2. The van der Waals surface area contributed by atoms with Crippen LogP contribution in [0.15, 0.2) is 0 Å².